The van der Waals surface area contributed by atoms with Gasteiger partial charge in [0.25, 0.3) is 0 Å². The molecule has 0 aromatic rings. The van der Waals surface area contributed by atoms with Gasteiger partial charge in [-0.2, -0.15) is 0 Å². The Bertz CT molecular complexity index is 319. The van der Waals surface area contributed by atoms with Gasteiger partial charge in [-0.3, -0.25) is 4.79 Å². The number of amides is 1. The standard InChI is InChI=1S/C14H25NO3/c1-10(9-14(2,3)4)8-12(16)15-7-5-6-11(15)13(17)18/h10-11H,5-9H2,1-4H3,(H,17,18). The van der Waals surface area contributed by atoms with E-state index in [0.29, 0.717) is 25.3 Å². The molecule has 1 amide bonds. The molecule has 0 aliphatic carbocycles. The molecule has 0 aromatic carbocycles. The van der Waals surface area contributed by atoms with Gasteiger partial charge in [-0.25, -0.2) is 4.79 Å². The highest BCUT2D eigenvalue weighted by Gasteiger charge is 2.34. The van der Waals surface area contributed by atoms with Crippen LogP contribution in [-0.4, -0.2) is 34.5 Å². The average molecular weight is 255 g/mol. The van der Waals surface area contributed by atoms with E-state index in [1.165, 1.54) is 0 Å². The summed E-state index contributed by atoms with van der Waals surface area (Å²) < 4.78 is 0. The highest BCUT2D eigenvalue weighted by molar-refractivity contribution is 5.84. The predicted octanol–water partition coefficient (Wildman–Crippen LogP) is 2.52. The highest BCUT2D eigenvalue weighted by atomic mass is 16.4. The SMILES string of the molecule is CC(CC(=O)N1CCCC1C(=O)O)CC(C)(C)C. The molecule has 4 heteroatoms. The molecule has 104 valence electrons. The van der Waals surface area contributed by atoms with Crippen LogP contribution in [0.15, 0.2) is 0 Å². The zero-order valence-corrected chi connectivity index (χ0v) is 11.9. The molecule has 0 spiro atoms. The lowest BCUT2D eigenvalue weighted by molar-refractivity contribution is -0.148. The van der Waals surface area contributed by atoms with E-state index in [2.05, 4.69) is 27.7 Å². The van der Waals surface area contributed by atoms with E-state index < -0.39 is 12.0 Å². The van der Waals surface area contributed by atoms with E-state index in [1.54, 1.807) is 4.90 Å². The molecule has 1 aliphatic rings. The molecule has 0 aromatic heterocycles. The third kappa shape index (κ3) is 4.31. The van der Waals surface area contributed by atoms with Crippen molar-refractivity contribution in [3.8, 4) is 0 Å². The molecule has 2 atom stereocenters. The van der Waals surface area contributed by atoms with Crippen LogP contribution in [0.4, 0.5) is 0 Å². The fraction of sp³-hybridized carbons (Fsp3) is 0.857. The molecule has 0 saturated carbocycles. The maximum Gasteiger partial charge on any atom is 0.326 e. The van der Waals surface area contributed by atoms with E-state index in [1.807, 2.05) is 0 Å². The van der Waals surface area contributed by atoms with Gasteiger partial charge in [0.2, 0.25) is 5.91 Å². The van der Waals surface area contributed by atoms with Crippen molar-refractivity contribution in [3.05, 3.63) is 0 Å². The molecule has 1 rings (SSSR count). The van der Waals surface area contributed by atoms with Crippen molar-refractivity contribution in [1.29, 1.82) is 0 Å². The zero-order chi connectivity index (χ0) is 13.9. The highest BCUT2D eigenvalue weighted by Crippen LogP contribution is 2.27. The van der Waals surface area contributed by atoms with Crippen molar-refractivity contribution in [1.82, 2.24) is 4.90 Å². The minimum Gasteiger partial charge on any atom is -0.480 e. The van der Waals surface area contributed by atoms with Crippen LogP contribution in [-0.2, 0) is 9.59 Å². The second kappa shape index (κ2) is 5.72. The number of aliphatic carboxylic acids is 1. The first kappa shape index (κ1) is 15.0. The van der Waals surface area contributed by atoms with Gasteiger partial charge in [0.1, 0.15) is 6.04 Å². The third-order valence-corrected chi connectivity index (χ3v) is 3.34. The molecule has 2 unspecified atom stereocenters. The summed E-state index contributed by atoms with van der Waals surface area (Å²) in [6.45, 7) is 9.13. The summed E-state index contributed by atoms with van der Waals surface area (Å²) in [5.74, 6) is -0.575. The maximum atomic E-state index is 12.1. The van der Waals surface area contributed by atoms with Crippen LogP contribution in [0.25, 0.3) is 0 Å². The number of carbonyl (C=O) groups is 2. The van der Waals surface area contributed by atoms with Crippen molar-refractivity contribution in [3.63, 3.8) is 0 Å². The molecule has 1 fully saturated rings. The first-order valence-corrected chi connectivity index (χ1v) is 6.73. The molecule has 1 N–H and O–H groups in total. The van der Waals surface area contributed by atoms with E-state index >= 15 is 0 Å². The Balaban J connectivity index is 2.52. The Morgan fingerprint density at radius 2 is 2.00 bits per heavy atom. The first-order chi connectivity index (χ1) is 8.20. The van der Waals surface area contributed by atoms with Crippen molar-refractivity contribution in [2.75, 3.05) is 6.54 Å². The number of hydrogen-bond acceptors (Lipinski definition) is 2. The van der Waals surface area contributed by atoms with Gasteiger partial charge in [0.05, 0.1) is 0 Å². The zero-order valence-electron chi connectivity index (χ0n) is 11.9. The van der Waals surface area contributed by atoms with Gasteiger partial charge < -0.3 is 10.0 Å². The summed E-state index contributed by atoms with van der Waals surface area (Å²) in [6, 6.07) is -0.598. The smallest absolute Gasteiger partial charge is 0.326 e. The van der Waals surface area contributed by atoms with Crippen molar-refractivity contribution in [2.45, 2.75) is 59.4 Å². The summed E-state index contributed by atoms with van der Waals surface area (Å²) in [5, 5.41) is 9.06. The summed E-state index contributed by atoms with van der Waals surface area (Å²) in [4.78, 5) is 24.7. The second-order valence-electron chi connectivity index (χ2n) is 6.66. The monoisotopic (exact) mass is 255 g/mol. The average Bonchev–Trinajstić information content (AvgIpc) is 2.61. The van der Waals surface area contributed by atoms with Crippen LogP contribution in [0.1, 0.15) is 53.4 Å². The van der Waals surface area contributed by atoms with E-state index in [-0.39, 0.29) is 11.3 Å². The van der Waals surface area contributed by atoms with E-state index in [9.17, 15) is 9.59 Å². The second-order valence-corrected chi connectivity index (χ2v) is 6.66. The van der Waals surface area contributed by atoms with E-state index in [0.717, 1.165) is 12.8 Å². The van der Waals surface area contributed by atoms with Gasteiger partial charge >= 0.3 is 5.97 Å². The quantitative estimate of drug-likeness (QED) is 0.839. The fourth-order valence-electron chi connectivity index (χ4n) is 2.85. The number of nitrogens with zero attached hydrogens (tertiary/aromatic N) is 1. The Hall–Kier alpha value is -1.06. The Kier molecular flexibility index (Phi) is 4.77. The van der Waals surface area contributed by atoms with Crippen molar-refractivity contribution < 1.29 is 14.7 Å². The topological polar surface area (TPSA) is 57.6 Å². The van der Waals surface area contributed by atoms with Crippen molar-refractivity contribution in [2.24, 2.45) is 11.3 Å². The fourth-order valence-corrected chi connectivity index (χ4v) is 2.85. The predicted molar refractivity (Wildman–Crippen MR) is 70.2 cm³/mol. The number of carboxylic acids is 1. The summed E-state index contributed by atoms with van der Waals surface area (Å²) in [6.07, 6.45) is 2.83. The lowest BCUT2D eigenvalue weighted by atomic mass is 9.84. The number of rotatable bonds is 4. The first-order valence-electron chi connectivity index (χ1n) is 6.73. The summed E-state index contributed by atoms with van der Waals surface area (Å²) >= 11 is 0. The lowest BCUT2D eigenvalue weighted by Gasteiger charge is -2.26. The molecule has 4 nitrogen and oxygen atoms in total. The number of hydrogen-bond donors (Lipinski definition) is 1. The maximum absolute atomic E-state index is 12.1. The number of likely N-dealkylation sites (tertiary alicyclic amines) is 1. The van der Waals surface area contributed by atoms with Gasteiger partial charge in [0, 0.05) is 13.0 Å². The van der Waals surface area contributed by atoms with Crippen LogP contribution in [0, 0.1) is 11.3 Å². The normalized spacial score (nSPS) is 22.0. The molecule has 1 aliphatic heterocycles. The molecule has 1 saturated heterocycles. The minimum absolute atomic E-state index is 0.00310. The van der Waals surface area contributed by atoms with Crippen LogP contribution in [0.5, 0.6) is 0 Å². The van der Waals surface area contributed by atoms with E-state index in [4.69, 9.17) is 5.11 Å². The number of carboxylic acid groups (broad SMARTS) is 1. The molecule has 0 radical (unpaired) electrons. The molecular weight excluding hydrogens is 230 g/mol. The van der Waals surface area contributed by atoms with Gasteiger partial charge in [-0.1, -0.05) is 27.7 Å². The molecular formula is C14H25NO3. The Labute approximate surface area is 109 Å². The Morgan fingerprint density at radius 1 is 1.39 bits per heavy atom. The van der Waals surface area contributed by atoms with Crippen LogP contribution in [0.3, 0.4) is 0 Å². The molecule has 0 bridgehead atoms. The molecule has 18 heavy (non-hydrogen) atoms. The largest absolute Gasteiger partial charge is 0.480 e. The van der Waals surface area contributed by atoms with Crippen LogP contribution >= 0.6 is 0 Å². The molecule has 1 heterocycles. The summed E-state index contributed by atoms with van der Waals surface area (Å²) in [7, 11) is 0. The summed E-state index contributed by atoms with van der Waals surface area (Å²) in [5.41, 5.74) is 0.205. The van der Waals surface area contributed by atoms with Gasteiger partial charge in [-0.15, -0.1) is 0 Å². The van der Waals surface area contributed by atoms with Crippen LogP contribution in [0.2, 0.25) is 0 Å². The van der Waals surface area contributed by atoms with Gasteiger partial charge in [0.15, 0.2) is 0 Å². The number of carbonyl (C=O) groups excluding carboxylic acids is 1. The lowest BCUT2D eigenvalue weighted by Crippen LogP contribution is -2.41. The van der Waals surface area contributed by atoms with Crippen LogP contribution < -0.4 is 0 Å². The van der Waals surface area contributed by atoms with Crippen molar-refractivity contribution >= 4 is 11.9 Å². The Morgan fingerprint density at radius 3 is 2.50 bits per heavy atom. The third-order valence-electron chi connectivity index (χ3n) is 3.34. The minimum atomic E-state index is -0.871. The van der Waals surface area contributed by atoms with Gasteiger partial charge in [-0.05, 0) is 30.6 Å².